The van der Waals surface area contributed by atoms with Gasteiger partial charge in [0.15, 0.2) is 0 Å². The number of hydrogen-bond acceptors (Lipinski definition) is 4. The highest BCUT2D eigenvalue weighted by molar-refractivity contribution is 5.80. The van der Waals surface area contributed by atoms with Gasteiger partial charge in [0.25, 0.3) is 0 Å². The molecule has 0 aromatic heterocycles. The zero-order valence-electron chi connectivity index (χ0n) is 11.1. The normalized spacial score (nSPS) is 12.9. The first-order valence-electron chi connectivity index (χ1n) is 5.62. The van der Waals surface area contributed by atoms with Crippen LogP contribution in [0.25, 0.3) is 0 Å². The lowest BCUT2D eigenvalue weighted by molar-refractivity contribution is -0.130. The van der Waals surface area contributed by atoms with E-state index in [9.17, 15) is 4.79 Å². The summed E-state index contributed by atoms with van der Waals surface area (Å²) in [6.45, 7) is 4.85. The maximum Gasteiger partial charge on any atom is 0.238 e. The molecule has 5 nitrogen and oxygen atoms in total. The minimum absolute atomic E-state index is 0.0910. The first kappa shape index (κ1) is 15.3. The van der Waals surface area contributed by atoms with Gasteiger partial charge in [-0.1, -0.05) is 0 Å². The molecule has 1 N–H and O–H groups in total. The van der Waals surface area contributed by atoms with Crippen LogP contribution >= 0.6 is 0 Å². The van der Waals surface area contributed by atoms with Crippen molar-refractivity contribution in [3.63, 3.8) is 0 Å². The molecule has 0 aromatic carbocycles. The molecule has 5 heteroatoms. The van der Waals surface area contributed by atoms with E-state index in [1.54, 1.807) is 19.0 Å². The SMILES string of the molecule is CC(NCCOCCN(C)C)C(=O)N(C)C. The molecule has 0 spiro atoms. The molecule has 0 aliphatic rings. The second-order valence-electron chi connectivity index (χ2n) is 4.32. The Balaban J connectivity index is 3.41. The molecule has 0 aromatic rings. The lowest BCUT2D eigenvalue weighted by Gasteiger charge is -2.18. The molecule has 16 heavy (non-hydrogen) atoms. The number of nitrogens with zero attached hydrogens (tertiary/aromatic N) is 2. The van der Waals surface area contributed by atoms with Gasteiger partial charge in [-0.25, -0.2) is 0 Å². The highest BCUT2D eigenvalue weighted by Gasteiger charge is 2.12. The van der Waals surface area contributed by atoms with Crippen LogP contribution in [-0.4, -0.2) is 76.2 Å². The summed E-state index contributed by atoms with van der Waals surface area (Å²) in [6, 6.07) is -0.146. The molecule has 1 unspecified atom stereocenters. The quantitative estimate of drug-likeness (QED) is 0.579. The van der Waals surface area contributed by atoms with Crippen LogP contribution in [0.15, 0.2) is 0 Å². The van der Waals surface area contributed by atoms with Gasteiger partial charge < -0.3 is 19.9 Å². The van der Waals surface area contributed by atoms with E-state index in [1.807, 2.05) is 21.0 Å². The largest absolute Gasteiger partial charge is 0.379 e. The van der Waals surface area contributed by atoms with Gasteiger partial charge in [0, 0.05) is 27.2 Å². The Morgan fingerprint density at radius 2 is 1.88 bits per heavy atom. The van der Waals surface area contributed by atoms with Crippen molar-refractivity contribution in [3.05, 3.63) is 0 Å². The molecule has 1 atom stereocenters. The van der Waals surface area contributed by atoms with Crippen LogP contribution in [0.2, 0.25) is 0 Å². The van der Waals surface area contributed by atoms with E-state index < -0.39 is 0 Å². The minimum Gasteiger partial charge on any atom is -0.379 e. The molecule has 0 rings (SSSR count). The number of nitrogens with one attached hydrogen (secondary N) is 1. The number of ether oxygens (including phenoxy) is 1. The van der Waals surface area contributed by atoms with E-state index in [-0.39, 0.29) is 11.9 Å². The van der Waals surface area contributed by atoms with Crippen molar-refractivity contribution in [1.82, 2.24) is 15.1 Å². The summed E-state index contributed by atoms with van der Waals surface area (Å²) in [6.07, 6.45) is 0. The fraction of sp³-hybridized carbons (Fsp3) is 0.909. The van der Waals surface area contributed by atoms with Crippen LogP contribution in [-0.2, 0) is 9.53 Å². The van der Waals surface area contributed by atoms with Gasteiger partial charge >= 0.3 is 0 Å². The molecule has 0 heterocycles. The van der Waals surface area contributed by atoms with Gasteiger partial charge in [-0.05, 0) is 21.0 Å². The number of carbonyl (C=O) groups excluding carboxylic acids is 1. The number of rotatable bonds is 8. The van der Waals surface area contributed by atoms with E-state index in [1.165, 1.54) is 0 Å². The van der Waals surface area contributed by atoms with Crippen molar-refractivity contribution in [3.8, 4) is 0 Å². The molecule has 0 saturated carbocycles. The van der Waals surface area contributed by atoms with Crippen LogP contribution < -0.4 is 5.32 Å². The average Bonchev–Trinajstić information content (AvgIpc) is 2.21. The van der Waals surface area contributed by atoms with Gasteiger partial charge in [0.05, 0.1) is 19.3 Å². The van der Waals surface area contributed by atoms with E-state index in [0.717, 1.165) is 13.2 Å². The van der Waals surface area contributed by atoms with E-state index in [4.69, 9.17) is 4.74 Å². The Kier molecular flexibility index (Phi) is 8.15. The van der Waals surface area contributed by atoms with Crippen molar-refractivity contribution in [2.75, 3.05) is 54.5 Å². The number of carbonyl (C=O) groups is 1. The predicted octanol–water partition coefficient (Wildman–Crippen LogP) is -0.369. The highest BCUT2D eigenvalue weighted by atomic mass is 16.5. The Hall–Kier alpha value is -0.650. The van der Waals surface area contributed by atoms with Crippen LogP contribution in [0.5, 0.6) is 0 Å². The van der Waals surface area contributed by atoms with Crippen molar-refractivity contribution >= 4 is 5.91 Å². The average molecular weight is 231 g/mol. The van der Waals surface area contributed by atoms with Gasteiger partial charge in [-0.15, -0.1) is 0 Å². The van der Waals surface area contributed by atoms with Gasteiger partial charge in [0.2, 0.25) is 5.91 Å². The fourth-order valence-corrected chi connectivity index (χ4v) is 1.17. The molecule has 0 aliphatic heterocycles. The smallest absolute Gasteiger partial charge is 0.238 e. The van der Waals surface area contributed by atoms with Crippen molar-refractivity contribution in [2.24, 2.45) is 0 Å². The first-order valence-corrected chi connectivity index (χ1v) is 5.62. The maximum absolute atomic E-state index is 11.5. The summed E-state index contributed by atoms with van der Waals surface area (Å²) >= 11 is 0. The third kappa shape index (κ3) is 7.62. The Bertz CT molecular complexity index is 196. The van der Waals surface area contributed by atoms with Crippen molar-refractivity contribution in [1.29, 1.82) is 0 Å². The lowest BCUT2D eigenvalue weighted by atomic mass is 10.3. The van der Waals surface area contributed by atoms with Crippen molar-refractivity contribution < 1.29 is 9.53 Å². The summed E-state index contributed by atoms with van der Waals surface area (Å²) in [7, 11) is 7.54. The molecular weight excluding hydrogens is 206 g/mol. The van der Waals surface area contributed by atoms with Gasteiger partial charge in [-0.3, -0.25) is 4.79 Å². The zero-order valence-corrected chi connectivity index (χ0v) is 11.1. The van der Waals surface area contributed by atoms with Crippen LogP contribution in [0.1, 0.15) is 6.92 Å². The van der Waals surface area contributed by atoms with Gasteiger partial charge in [0.1, 0.15) is 0 Å². The molecule has 0 bridgehead atoms. The second-order valence-corrected chi connectivity index (χ2v) is 4.32. The molecule has 0 saturated heterocycles. The van der Waals surface area contributed by atoms with E-state index in [2.05, 4.69) is 10.2 Å². The molecule has 0 aliphatic carbocycles. The van der Waals surface area contributed by atoms with Crippen LogP contribution in [0.4, 0.5) is 0 Å². The summed E-state index contributed by atoms with van der Waals surface area (Å²) in [5.41, 5.74) is 0. The standard InChI is InChI=1S/C11H25N3O2/c1-10(11(15)14(4)5)12-6-8-16-9-7-13(2)3/h10,12H,6-9H2,1-5H3. The Labute approximate surface area is 98.7 Å². The Morgan fingerprint density at radius 3 is 2.38 bits per heavy atom. The molecule has 0 fully saturated rings. The predicted molar refractivity (Wildman–Crippen MR) is 65.5 cm³/mol. The first-order chi connectivity index (χ1) is 7.45. The monoisotopic (exact) mass is 231 g/mol. The summed E-state index contributed by atoms with van der Waals surface area (Å²) in [5.74, 6) is 0.0910. The lowest BCUT2D eigenvalue weighted by Crippen LogP contribution is -2.42. The van der Waals surface area contributed by atoms with Crippen molar-refractivity contribution in [2.45, 2.75) is 13.0 Å². The van der Waals surface area contributed by atoms with Crippen LogP contribution in [0.3, 0.4) is 0 Å². The summed E-state index contributed by atoms with van der Waals surface area (Å²) < 4.78 is 5.41. The number of likely N-dealkylation sites (N-methyl/N-ethyl adjacent to an activating group) is 2. The Morgan fingerprint density at radius 1 is 1.25 bits per heavy atom. The summed E-state index contributed by atoms with van der Waals surface area (Å²) in [4.78, 5) is 15.1. The van der Waals surface area contributed by atoms with E-state index >= 15 is 0 Å². The molecule has 1 amide bonds. The van der Waals surface area contributed by atoms with E-state index in [0.29, 0.717) is 13.2 Å². The number of amides is 1. The van der Waals surface area contributed by atoms with Gasteiger partial charge in [-0.2, -0.15) is 0 Å². The molecule has 0 radical (unpaired) electrons. The second kappa shape index (κ2) is 8.50. The zero-order chi connectivity index (χ0) is 12.6. The number of hydrogen-bond donors (Lipinski definition) is 1. The minimum atomic E-state index is -0.146. The third-order valence-electron chi connectivity index (χ3n) is 2.19. The molecular formula is C11H25N3O2. The highest BCUT2D eigenvalue weighted by Crippen LogP contribution is 1.88. The van der Waals surface area contributed by atoms with Crippen LogP contribution in [0, 0.1) is 0 Å². The fourth-order valence-electron chi connectivity index (χ4n) is 1.17. The molecule has 96 valence electrons. The topological polar surface area (TPSA) is 44.8 Å². The maximum atomic E-state index is 11.5. The summed E-state index contributed by atoms with van der Waals surface area (Å²) in [5, 5.41) is 3.12. The third-order valence-corrected chi connectivity index (χ3v) is 2.19.